The van der Waals surface area contributed by atoms with Crippen LogP contribution in [-0.2, 0) is 12.8 Å². The average molecular weight is 323 g/mol. The SMILES string of the molecule is CN=C(NCCc1cc(F)cc(F)c1)NCCc1cccs1. The highest BCUT2D eigenvalue weighted by molar-refractivity contribution is 7.09. The lowest BCUT2D eigenvalue weighted by Gasteiger charge is -2.11. The molecule has 1 aromatic heterocycles. The maximum atomic E-state index is 13.1. The van der Waals surface area contributed by atoms with Crippen LogP contribution in [0.15, 0.2) is 40.7 Å². The zero-order chi connectivity index (χ0) is 15.8. The quantitative estimate of drug-likeness (QED) is 0.633. The van der Waals surface area contributed by atoms with E-state index in [2.05, 4.69) is 27.1 Å². The van der Waals surface area contributed by atoms with Gasteiger partial charge in [0.2, 0.25) is 0 Å². The fraction of sp³-hybridized carbons (Fsp3) is 0.312. The number of halogens is 2. The van der Waals surface area contributed by atoms with Crippen molar-refractivity contribution in [3.05, 3.63) is 57.8 Å². The van der Waals surface area contributed by atoms with E-state index in [-0.39, 0.29) is 0 Å². The number of guanidine groups is 1. The second-order valence-electron chi connectivity index (χ2n) is 4.78. The molecule has 0 bridgehead atoms. The second kappa shape index (κ2) is 8.48. The van der Waals surface area contributed by atoms with E-state index in [1.165, 1.54) is 17.0 Å². The summed E-state index contributed by atoms with van der Waals surface area (Å²) in [6.45, 7) is 1.34. The van der Waals surface area contributed by atoms with E-state index in [0.717, 1.165) is 19.0 Å². The molecular weight excluding hydrogens is 304 g/mol. The van der Waals surface area contributed by atoms with E-state index in [1.54, 1.807) is 18.4 Å². The first kappa shape index (κ1) is 16.4. The van der Waals surface area contributed by atoms with Gasteiger partial charge >= 0.3 is 0 Å². The van der Waals surface area contributed by atoms with Crippen molar-refractivity contribution in [3.8, 4) is 0 Å². The summed E-state index contributed by atoms with van der Waals surface area (Å²) in [4.78, 5) is 5.44. The van der Waals surface area contributed by atoms with Gasteiger partial charge < -0.3 is 10.6 Å². The number of aliphatic imine (C=N–C) groups is 1. The van der Waals surface area contributed by atoms with Crippen molar-refractivity contribution in [1.29, 1.82) is 0 Å². The number of thiophene rings is 1. The van der Waals surface area contributed by atoms with Crippen molar-refractivity contribution in [2.45, 2.75) is 12.8 Å². The molecule has 0 radical (unpaired) electrons. The van der Waals surface area contributed by atoms with E-state index in [9.17, 15) is 8.78 Å². The van der Waals surface area contributed by atoms with Gasteiger partial charge in [0.25, 0.3) is 0 Å². The van der Waals surface area contributed by atoms with Gasteiger partial charge in [-0.15, -0.1) is 11.3 Å². The van der Waals surface area contributed by atoms with Crippen LogP contribution < -0.4 is 10.6 Å². The Morgan fingerprint density at radius 3 is 2.36 bits per heavy atom. The zero-order valence-corrected chi connectivity index (χ0v) is 13.2. The molecule has 0 aliphatic rings. The van der Waals surface area contributed by atoms with E-state index in [4.69, 9.17) is 0 Å². The van der Waals surface area contributed by atoms with Gasteiger partial charge in [-0.25, -0.2) is 8.78 Å². The van der Waals surface area contributed by atoms with Crippen molar-refractivity contribution in [2.24, 2.45) is 4.99 Å². The molecule has 0 saturated carbocycles. The van der Waals surface area contributed by atoms with Crippen LogP contribution in [0.2, 0.25) is 0 Å². The number of nitrogens with zero attached hydrogens (tertiary/aromatic N) is 1. The largest absolute Gasteiger partial charge is 0.356 e. The summed E-state index contributed by atoms with van der Waals surface area (Å²) in [5.41, 5.74) is 0.624. The van der Waals surface area contributed by atoms with Gasteiger partial charge in [-0.1, -0.05) is 6.07 Å². The van der Waals surface area contributed by atoms with Crippen molar-refractivity contribution in [2.75, 3.05) is 20.1 Å². The molecule has 2 rings (SSSR count). The third kappa shape index (κ3) is 5.44. The molecule has 1 aromatic carbocycles. The Morgan fingerprint density at radius 1 is 1.09 bits per heavy atom. The summed E-state index contributed by atoms with van der Waals surface area (Å²) in [5, 5.41) is 8.40. The fourth-order valence-electron chi connectivity index (χ4n) is 2.06. The first-order chi connectivity index (χ1) is 10.7. The van der Waals surface area contributed by atoms with Crippen molar-refractivity contribution >= 4 is 17.3 Å². The van der Waals surface area contributed by atoms with Crippen molar-refractivity contribution in [3.63, 3.8) is 0 Å². The highest BCUT2D eigenvalue weighted by atomic mass is 32.1. The van der Waals surface area contributed by atoms with Crippen LogP contribution in [0.4, 0.5) is 8.78 Å². The second-order valence-corrected chi connectivity index (χ2v) is 5.82. The zero-order valence-electron chi connectivity index (χ0n) is 12.4. The lowest BCUT2D eigenvalue weighted by molar-refractivity contribution is 0.579. The third-order valence-electron chi connectivity index (χ3n) is 3.10. The number of hydrogen-bond donors (Lipinski definition) is 2. The molecule has 2 aromatic rings. The van der Waals surface area contributed by atoms with Crippen LogP contribution in [0.5, 0.6) is 0 Å². The molecule has 0 saturated heterocycles. The number of hydrogen-bond acceptors (Lipinski definition) is 2. The molecule has 0 fully saturated rings. The van der Waals surface area contributed by atoms with Crippen molar-refractivity contribution in [1.82, 2.24) is 10.6 Å². The molecule has 0 amide bonds. The van der Waals surface area contributed by atoms with Crippen molar-refractivity contribution < 1.29 is 8.78 Å². The number of nitrogens with one attached hydrogen (secondary N) is 2. The highest BCUT2D eigenvalue weighted by Gasteiger charge is 2.02. The van der Waals surface area contributed by atoms with E-state index in [1.807, 2.05) is 6.07 Å². The minimum atomic E-state index is -0.548. The van der Waals surface area contributed by atoms with Gasteiger partial charge in [0.15, 0.2) is 5.96 Å². The predicted molar refractivity (Wildman–Crippen MR) is 87.4 cm³/mol. The molecule has 0 aliphatic carbocycles. The van der Waals surface area contributed by atoms with Crippen LogP contribution in [0.3, 0.4) is 0 Å². The Morgan fingerprint density at radius 2 is 1.77 bits per heavy atom. The topological polar surface area (TPSA) is 36.4 Å². The predicted octanol–water partition coefficient (Wildman–Crippen LogP) is 2.98. The standard InChI is InChI=1S/C16H19F2N3S/c1-19-16(21-7-5-15-3-2-8-22-15)20-6-4-12-9-13(17)11-14(18)10-12/h2-3,8-11H,4-7H2,1H3,(H2,19,20,21). The van der Waals surface area contributed by atoms with Gasteiger partial charge in [-0.3, -0.25) is 4.99 Å². The summed E-state index contributed by atoms with van der Waals surface area (Å²) < 4.78 is 26.2. The van der Waals surface area contributed by atoms with Gasteiger partial charge in [0, 0.05) is 31.1 Å². The minimum Gasteiger partial charge on any atom is -0.356 e. The Hall–Kier alpha value is -1.95. The molecule has 0 unspecified atom stereocenters. The van der Waals surface area contributed by atoms with Gasteiger partial charge in [0.1, 0.15) is 11.6 Å². The minimum absolute atomic E-state index is 0.528. The Labute approximate surface area is 133 Å². The lowest BCUT2D eigenvalue weighted by atomic mass is 10.1. The molecule has 6 heteroatoms. The van der Waals surface area contributed by atoms with Crippen LogP contribution in [0.25, 0.3) is 0 Å². The summed E-state index contributed by atoms with van der Waals surface area (Å²) >= 11 is 1.73. The van der Waals surface area contributed by atoms with Gasteiger partial charge in [-0.05, 0) is 42.0 Å². The molecule has 22 heavy (non-hydrogen) atoms. The Balaban J connectivity index is 1.72. The number of rotatable bonds is 6. The van der Waals surface area contributed by atoms with Gasteiger partial charge in [0.05, 0.1) is 0 Å². The maximum absolute atomic E-state index is 13.1. The third-order valence-corrected chi connectivity index (χ3v) is 4.03. The smallest absolute Gasteiger partial charge is 0.190 e. The van der Waals surface area contributed by atoms with Crippen LogP contribution in [-0.4, -0.2) is 26.1 Å². The highest BCUT2D eigenvalue weighted by Crippen LogP contribution is 2.09. The Bertz CT molecular complexity index is 592. The first-order valence-electron chi connectivity index (χ1n) is 7.09. The Kier molecular flexibility index (Phi) is 6.33. The van der Waals surface area contributed by atoms with Crippen LogP contribution in [0, 0.1) is 11.6 Å². The average Bonchev–Trinajstić information content (AvgIpc) is 2.98. The summed E-state index contributed by atoms with van der Waals surface area (Å²) in [6, 6.07) is 7.70. The molecule has 0 aliphatic heterocycles. The first-order valence-corrected chi connectivity index (χ1v) is 7.97. The molecule has 2 N–H and O–H groups in total. The monoisotopic (exact) mass is 323 g/mol. The maximum Gasteiger partial charge on any atom is 0.190 e. The summed E-state index contributed by atoms with van der Waals surface area (Å²) in [7, 11) is 1.70. The molecular formula is C16H19F2N3S. The normalized spacial score (nSPS) is 11.5. The fourth-order valence-corrected chi connectivity index (χ4v) is 2.77. The van der Waals surface area contributed by atoms with Gasteiger partial charge in [-0.2, -0.15) is 0 Å². The molecule has 0 atom stereocenters. The molecule has 3 nitrogen and oxygen atoms in total. The summed E-state index contributed by atoms with van der Waals surface area (Å²) in [5.74, 6) is -0.407. The molecule has 118 valence electrons. The van der Waals surface area contributed by atoms with Crippen LogP contribution >= 0.6 is 11.3 Å². The number of benzene rings is 1. The van der Waals surface area contributed by atoms with E-state index >= 15 is 0 Å². The van der Waals surface area contributed by atoms with E-state index < -0.39 is 11.6 Å². The van der Waals surface area contributed by atoms with Crippen LogP contribution in [0.1, 0.15) is 10.4 Å². The lowest BCUT2D eigenvalue weighted by Crippen LogP contribution is -2.39. The molecule has 0 spiro atoms. The van der Waals surface area contributed by atoms with E-state index in [0.29, 0.717) is 24.5 Å². The summed E-state index contributed by atoms with van der Waals surface area (Å²) in [6.07, 6.45) is 1.47. The molecule has 1 heterocycles.